The summed E-state index contributed by atoms with van der Waals surface area (Å²) in [4.78, 5) is 9.95. The summed E-state index contributed by atoms with van der Waals surface area (Å²) in [5.74, 6) is 1.90. The summed E-state index contributed by atoms with van der Waals surface area (Å²) in [6, 6.07) is 12.1. The Morgan fingerprint density at radius 3 is 2.83 bits per heavy atom. The molecule has 0 amide bonds. The van der Waals surface area contributed by atoms with Crippen LogP contribution in [0.25, 0.3) is 17.0 Å². The Morgan fingerprint density at radius 2 is 2.08 bits per heavy atom. The number of nitriles is 1. The zero-order valence-electron chi connectivity index (χ0n) is 13.5. The van der Waals surface area contributed by atoms with E-state index in [1.165, 1.54) is 12.8 Å². The Labute approximate surface area is 150 Å². The van der Waals surface area contributed by atoms with Crippen LogP contribution in [0.5, 0.6) is 0 Å². The minimum atomic E-state index is 0.452. The summed E-state index contributed by atoms with van der Waals surface area (Å²) >= 11 is 3.55. The molecule has 3 aromatic rings. The van der Waals surface area contributed by atoms with Crippen LogP contribution >= 0.6 is 23.5 Å². The molecule has 6 heteroatoms. The first-order valence-electron chi connectivity index (χ1n) is 7.88. The van der Waals surface area contributed by atoms with E-state index >= 15 is 0 Å². The maximum atomic E-state index is 9.56. The number of rotatable bonds is 7. The highest BCUT2D eigenvalue weighted by Crippen LogP contribution is 2.31. The molecule has 2 heterocycles. The Balaban J connectivity index is 1.96. The lowest BCUT2D eigenvalue weighted by Gasteiger charge is -2.10. The molecule has 0 unspecified atom stereocenters. The van der Waals surface area contributed by atoms with Crippen LogP contribution in [0.3, 0.4) is 0 Å². The fraction of sp³-hybridized carbons (Fsp3) is 0.278. The molecule has 2 aromatic heterocycles. The van der Waals surface area contributed by atoms with Crippen LogP contribution in [0, 0.1) is 11.3 Å². The van der Waals surface area contributed by atoms with Gasteiger partial charge in [-0.2, -0.15) is 17.0 Å². The summed E-state index contributed by atoms with van der Waals surface area (Å²) in [5.41, 5.74) is 2.24. The van der Waals surface area contributed by atoms with Gasteiger partial charge in [-0.3, -0.25) is 4.40 Å². The zero-order valence-corrected chi connectivity index (χ0v) is 15.1. The molecule has 1 aromatic carbocycles. The van der Waals surface area contributed by atoms with Crippen LogP contribution in [-0.2, 0) is 0 Å². The average molecular weight is 355 g/mol. The van der Waals surface area contributed by atoms with Crippen LogP contribution in [0.1, 0.15) is 25.5 Å². The maximum absolute atomic E-state index is 9.56. The van der Waals surface area contributed by atoms with Crippen LogP contribution in [0.4, 0.5) is 0 Å². The summed E-state index contributed by atoms with van der Waals surface area (Å²) in [5, 5.41) is 10.5. The Bertz CT molecular complexity index is 853. The van der Waals surface area contributed by atoms with Gasteiger partial charge in [0.15, 0.2) is 11.3 Å². The van der Waals surface area contributed by atoms with Gasteiger partial charge in [-0.1, -0.05) is 43.7 Å². The van der Waals surface area contributed by atoms with Gasteiger partial charge in [-0.25, -0.2) is 9.97 Å². The molecule has 0 fully saturated rings. The lowest BCUT2D eigenvalue weighted by molar-refractivity contribution is 0.897. The number of unbranched alkanes of at least 4 members (excludes halogenated alkanes) is 1. The van der Waals surface area contributed by atoms with Gasteiger partial charge in [0.1, 0.15) is 11.9 Å². The van der Waals surface area contributed by atoms with Crippen LogP contribution in [0.15, 0.2) is 47.6 Å². The molecule has 0 N–H and O–H groups in total. The second-order valence-electron chi connectivity index (χ2n) is 5.24. The number of fused-ring (bicyclic) bond motifs is 1. The molecular formula is C18H18N4S2. The van der Waals surface area contributed by atoms with Crippen molar-refractivity contribution in [2.75, 3.05) is 10.8 Å². The second-order valence-corrected chi connectivity index (χ2v) is 7.69. The smallest absolute Gasteiger partial charge is 0.160 e. The molecule has 0 saturated heterocycles. The van der Waals surface area contributed by atoms with Gasteiger partial charge < -0.3 is 0 Å². The van der Waals surface area contributed by atoms with E-state index < -0.39 is 0 Å². The molecule has 0 aliphatic rings. The Kier molecular flexibility index (Phi) is 5.78. The van der Waals surface area contributed by atoms with E-state index in [1.807, 2.05) is 52.7 Å². The summed E-state index contributed by atoms with van der Waals surface area (Å²) in [6.07, 6.45) is 6.10. The van der Waals surface area contributed by atoms with Crippen molar-refractivity contribution in [3.63, 3.8) is 0 Å². The minimum Gasteiger partial charge on any atom is -0.283 e. The van der Waals surface area contributed by atoms with Crippen molar-refractivity contribution in [2.24, 2.45) is 0 Å². The van der Waals surface area contributed by atoms with E-state index in [0.29, 0.717) is 5.69 Å². The predicted molar refractivity (Wildman–Crippen MR) is 101 cm³/mol. The molecule has 122 valence electrons. The molecule has 3 rings (SSSR count). The average Bonchev–Trinajstić information content (AvgIpc) is 3.11. The molecule has 0 saturated carbocycles. The lowest BCUT2D eigenvalue weighted by atomic mass is 10.2. The van der Waals surface area contributed by atoms with E-state index in [2.05, 4.69) is 23.0 Å². The maximum Gasteiger partial charge on any atom is 0.160 e. The van der Waals surface area contributed by atoms with Crippen molar-refractivity contribution in [1.29, 1.82) is 5.26 Å². The summed E-state index contributed by atoms with van der Waals surface area (Å²) < 4.78 is 1.97. The molecule has 0 radical (unpaired) electrons. The van der Waals surface area contributed by atoms with Gasteiger partial charge in [0, 0.05) is 23.0 Å². The zero-order chi connectivity index (χ0) is 16.8. The monoisotopic (exact) mass is 354 g/mol. The van der Waals surface area contributed by atoms with E-state index in [1.54, 1.807) is 18.0 Å². The van der Waals surface area contributed by atoms with Gasteiger partial charge in [0.2, 0.25) is 0 Å². The van der Waals surface area contributed by atoms with Gasteiger partial charge in [-0.05, 0) is 12.2 Å². The third-order valence-corrected chi connectivity index (χ3v) is 5.95. The Morgan fingerprint density at radius 1 is 1.25 bits per heavy atom. The van der Waals surface area contributed by atoms with Crippen LogP contribution in [-0.4, -0.2) is 25.2 Å². The first kappa shape index (κ1) is 16.9. The molecular weight excluding hydrogens is 336 g/mol. The second kappa shape index (κ2) is 8.22. The standard InChI is InChI=1S/C18H18N4S2/c1-2-3-11-23-13-24-16-15(12-19)21-17(14-7-5-4-6-8-14)22-10-9-20-18(16)22/h4-10H,2-3,11,13H2,1H3. The largest absolute Gasteiger partial charge is 0.283 e. The number of thioether (sulfide) groups is 2. The normalized spacial score (nSPS) is 10.8. The van der Waals surface area contributed by atoms with Crippen molar-refractivity contribution in [2.45, 2.75) is 24.7 Å². The first-order valence-corrected chi connectivity index (χ1v) is 10.0. The third kappa shape index (κ3) is 3.58. The molecule has 0 spiro atoms. The van der Waals surface area contributed by atoms with Crippen LogP contribution < -0.4 is 0 Å². The van der Waals surface area contributed by atoms with Gasteiger partial charge in [0.25, 0.3) is 0 Å². The SMILES string of the molecule is CCCCSCSc1c(C#N)nc(-c2ccccc2)n2ccnc12. The number of benzene rings is 1. The van der Waals surface area contributed by atoms with Crippen molar-refractivity contribution in [3.05, 3.63) is 48.4 Å². The van der Waals surface area contributed by atoms with Gasteiger partial charge >= 0.3 is 0 Å². The highest BCUT2D eigenvalue weighted by Gasteiger charge is 2.16. The van der Waals surface area contributed by atoms with Gasteiger partial charge in [-0.15, -0.1) is 11.8 Å². The highest BCUT2D eigenvalue weighted by atomic mass is 32.2. The quantitative estimate of drug-likeness (QED) is 0.345. The topological polar surface area (TPSA) is 54.0 Å². The molecule has 4 nitrogen and oxygen atoms in total. The van der Waals surface area contributed by atoms with Gasteiger partial charge in [0.05, 0.1) is 4.90 Å². The highest BCUT2D eigenvalue weighted by molar-refractivity contribution is 8.16. The molecule has 0 aliphatic heterocycles. The fourth-order valence-electron chi connectivity index (χ4n) is 2.36. The summed E-state index contributed by atoms with van der Waals surface area (Å²) in [7, 11) is 0. The van der Waals surface area contributed by atoms with E-state index in [4.69, 9.17) is 0 Å². The minimum absolute atomic E-state index is 0.452. The van der Waals surface area contributed by atoms with Crippen molar-refractivity contribution in [3.8, 4) is 17.5 Å². The van der Waals surface area contributed by atoms with Crippen LogP contribution in [0.2, 0.25) is 0 Å². The number of hydrogen-bond acceptors (Lipinski definition) is 5. The van der Waals surface area contributed by atoms with E-state index in [9.17, 15) is 5.26 Å². The Hall–Kier alpha value is -1.97. The number of imidazole rings is 1. The number of hydrogen-bond donors (Lipinski definition) is 0. The number of aromatic nitrogens is 3. The summed E-state index contributed by atoms with van der Waals surface area (Å²) in [6.45, 7) is 2.20. The fourth-order valence-corrected chi connectivity index (χ4v) is 4.64. The molecule has 0 atom stereocenters. The molecule has 0 aliphatic carbocycles. The first-order chi connectivity index (χ1) is 11.8. The number of nitrogens with zero attached hydrogens (tertiary/aromatic N) is 4. The van der Waals surface area contributed by atoms with E-state index in [0.717, 1.165) is 32.8 Å². The molecule has 0 bridgehead atoms. The predicted octanol–water partition coefficient (Wildman–Crippen LogP) is 4.85. The van der Waals surface area contributed by atoms with Crippen molar-refractivity contribution >= 4 is 29.2 Å². The lowest BCUT2D eigenvalue weighted by Crippen LogP contribution is -2.01. The van der Waals surface area contributed by atoms with Crippen molar-refractivity contribution in [1.82, 2.24) is 14.4 Å². The van der Waals surface area contributed by atoms with Crippen molar-refractivity contribution < 1.29 is 0 Å². The van der Waals surface area contributed by atoms with E-state index in [-0.39, 0.29) is 0 Å². The molecule has 24 heavy (non-hydrogen) atoms. The third-order valence-electron chi connectivity index (χ3n) is 3.57.